The summed E-state index contributed by atoms with van der Waals surface area (Å²) in [6, 6.07) is 17.0. The highest BCUT2D eigenvalue weighted by atomic mass is 16.5. The van der Waals surface area contributed by atoms with Crippen LogP contribution in [0.2, 0.25) is 0 Å². The van der Waals surface area contributed by atoms with Gasteiger partial charge in [0.05, 0.1) is 5.39 Å². The number of nitrogens with zero attached hydrogens (tertiary/aromatic N) is 2. The zero-order valence-electron chi connectivity index (χ0n) is 19.0. The molecule has 4 rings (SSSR count). The van der Waals surface area contributed by atoms with Gasteiger partial charge in [0.15, 0.2) is 12.3 Å². The minimum absolute atomic E-state index is 0.0402. The molecule has 0 aliphatic heterocycles. The summed E-state index contributed by atoms with van der Waals surface area (Å²) in [6.45, 7) is 4.43. The first kappa shape index (κ1) is 22.7. The Bertz CT molecular complexity index is 1210. The molecule has 7 heteroatoms. The van der Waals surface area contributed by atoms with Crippen molar-refractivity contribution in [2.75, 3.05) is 13.2 Å². The van der Waals surface area contributed by atoms with Crippen LogP contribution in [-0.4, -0.2) is 34.8 Å². The highest BCUT2D eigenvalue weighted by Gasteiger charge is 2.38. The number of amides is 1. The summed E-state index contributed by atoms with van der Waals surface area (Å²) < 4.78 is 6.59. The van der Waals surface area contributed by atoms with E-state index in [1.165, 1.54) is 10.2 Å². The van der Waals surface area contributed by atoms with Gasteiger partial charge >= 0.3 is 5.97 Å². The van der Waals surface area contributed by atoms with Crippen LogP contribution >= 0.6 is 0 Å². The molecule has 1 aromatic heterocycles. The molecule has 172 valence electrons. The molecule has 1 aliphatic carbocycles. The van der Waals surface area contributed by atoms with Gasteiger partial charge < -0.3 is 10.1 Å². The normalized spacial score (nSPS) is 14.6. The molecule has 1 heterocycles. The van der Waals surface area contributed by atoms with Crippen LogP contribution in [0.3, 0.4) is 0 Å². The van der Waals surface area contributed by atoms with E-state index in [9.17, 15) is 14.4 Å². The SMILES string of the molecule is CC(C)Cn1nc(C(=O)OCC(=O)NCC2(c3ccccc3)CCC2)c2ccccc2c1=O. The fraction of sp³-hybridized carbons (Fsp3) is 0.385. The van der Waals surface area contributed by atoms with Crippen molar-refractivity contribution in [2.45, 2.75) is 45.1 Å². The topological polar surface area (TPSA) is 90.3 Å². The minimum Gasteiger partial charge on any atom is -0.451 e. The monoisotopic (exact) mass is 447 g/mol. The molecule has 1 N–H and O–H groups in total. The predicted molar refractivity (Wildman–Crippen MR) is 126 cm³/mol. The van der Waals surface area contributed by atoms with Crippen LogP contribution < -0.4 is 10.9 Å². The highest BCUT2D eigenvalue weighted by molar-refractivity contribution is 6.02. The van der Waals surface area contributed by atoms with Crippen molar-refractivity contribution in [2.24, 2.45) is 5.92 Å². The molecule has 0 atom stereocenters. The number of esters is 1. The largest absolute Gasteiger partial charge is 0.451 e. The van der Waals surface area contributed by atoms with Gasteiger partial charge in [-0.05, 0) is 30.4 Å². The fourth-order valence-corrected chi connectivity index (χ4v) is 4.34. The Morgan fingerprint density at radius 1 is 1.06 bits per heavy atom. The number of benzene rings is 2. The van der Waals surface area contributed by atoms with Gasteiger partial charge in [0.25, 0.3) is 11.5 Å². The summed E-state index contributed by atoms with van der Waals surface area (Å²) in [5.74, 6) is -0.903. The molecule has 1 fully saturated rings. The van der Waals surface area contributed by atoms with E-state index in [2.05, 4.69) is 22.5 Å². The maximum Gasteiger partial charge on any atom is 0.359 e. The van der Waals surface area contributed by atoms with Crippen molar-refractivity contribution in [3.8, 4) is 0 Å². The Kier molecular flexibility index (Phi) is 6.58. The van der Waals surface area contributed by atoms with Gasteiger partial charge in [-0.1, -0.05) is 68.8 Å². The molecular formula is C26H29N3O4. The molecule has 33 heavy (non-hydrogen) atoms. The van der Waals surface area contributed by atoms with E-state index < -0.39 is 12.6 Å². The highest BCUT2D eigenvalue weighted by Crippen LogP contribution is 2.43. The first-order chi connectivity index (χ1) is 15.9. The second-order valence-electron chi connectivity index (χ2n) is 9.13. The number of ether oxygens (including phenoxy) is 1. The number of carbonyl (C=O) groups excluding carboxylic acids is 2. The van der Waals surface area contributed by atoms with Crippen molar-refractivity contribution >= 4 is 22.6 Å². The number of rotatable bonds is 8. The van der Waals surface area contributed by atoms with Crippen LogP contribution in [0, 0.1) is 5.92 Å². The van der Waals surface area contributed by atoms with Crippen molar-refractivity contribution in [3.63, 3.8) is 0 Å². The number of nitrogens with one attached hydrogen (secondary N) is 1. The van der Waals surface area contributed by atoms with Crippen molar-refractivity contribution < 1.29 is 14.3 Å². The lowest BCUT2D eigenvalue weighted by Gasteiger charge is -2.42. The Morgan fingerprint density at radius 3 is 2.36 bits per heavy atom. The Morgan fingerprint density at radius 2 is 1.73 bits per heavy atom. The van der Waals surface area contributed by atoms with Crippen LogP contribution in [-0.2, 0) is 21.5 Å². The summed E-state index contributed by atoms with van der Waals surface area (Å²) in [6.07, 6.45) is 3.17. The molecule has 0 bridgehead atoms. The molecule has 0 saturated heterocycles. The Labute approximate surface area is 192 Å². The quantitative estimate of drug-likeness (QED) is 0.534. The predicted octanol–water partition coefficient (Wildman–Crippen LogP) is 3.45. The number of carbonyl (C=O) groups is 2. The van der Waals surface area contributed by atoms with Crippen LogP contribution in [0.25, 0.3) is 10.8 Å². The van der Waals surface area contributed by atoms with Crippen LogP contribution in [0.1, 0.15) is 49.2 Å². The van der Waals surface area contributed by atoms with E-state index in [0.717, 1.165) is 19.3 Å². The molecule has 0 spiro atoms. The van der Waals surface area contributed by atoms with Gasteiger partial charge in [0.2, 0.25) is 0 Å². The minimum atomic E-state index is -0.722. The van der Waals surface area contributed by atoms with E-state index in [0.29, 0.717) is 23.9 Å². The van der Waals surface area contributed by atoms with Gasteiger partial charge in [0, 0.05) is 23.9 Å². The molecule has 1 saturated carbocycles. The zero-order valence-corrected chi connectivity index (χ0v) is 19.0. The number of fused-ring (bicyclic) bond motifs is 1. The smallest absolute Gasteiger partial charge is 0.359 e. The Hall–Kier alpha value is -3.48. The van der Waals surface area contributed by atoms with Crippen molar-refractivity contribution in [3.05, 3.63) is 76.2 Å². The van der Waals surface area contributed by atoms with Gasteiger partial charge in [0.1, 0.15) is 0 Å². The third-order valence-electron chi connectivity index (χ3n) is 6.25. The van der Waals surface area contributed by atoms with Crippen LogP contribution in [0.15, 0.2) is 59.4 Å². The number of aromatic nitrogens is 2. The van der Waals surface area contributed by atoms with E-state index >= 15 is 0 Å². The van der Waals surface area contributed by atoms with Crippen LogP contribution in [0.5, 0.6) is 0 Å². The maximum atomic E-state index is 12.8. The fourth-order valence-electron chi connectivity index (χ4n) is 4.34. The molecular weight excluding hydrogens is 418 g/mol. The summed E-state index contributed by atoms with van der Waals surface area (Å²) in [5.41, 5.74) is 0.959. The first-order valence-corrected chi connectivity index (χ1v) is 11.4. The summed E-state index contributed by atoms with van der Waals surface area (Å²) >= 11 is 0. The average molecular weight is 448 g/mol. The lowest BCUT2D eigenvalue weighted by Crippen LogP contribution is -2.46. The van der Waals surface area contributed by atoms with Gasteiger partial charge in [-0.15, -0.1) is 0 Å². The first-order valence-electron chi connectivity index (χ1n) is 11.4. The molecule has 3 aromatic rings. The second-order valence-corrected chi connectivity index (χ2v) is 9.13. The van der Waals surface area contributed by atoms with Crippen molar-refractivity contribution in [1.82, 2.24) is 15.1 Å². The third-order valence-corrected chi connectivity index (χ3v) is 6.25. The molecule has 0 radical (unpaired) electrons. The van der Waals surface area contributed by atoms with Gasteiger partial charge in [-0.3, -0.25) is 9.59 Å². The summed E-state index contributed by atoms with van der Waals surface area (Å²) in [7, 11) is 0. The third kappa shape index (κ3) is 4.82. The lowest BCUT2D eigenvalue weighted by atomic mass is 9.64. The average Bonchev–Trinajstić information content (AvgIpc) is 2.79. The summed E-state index contributed by atoms with van der Waals surface area (Å²) in [4.78, 5) is 38.0. The second kappa shape index (κ2) is 9.57. The molecule has 7 nitrogen and oxygen atoms in total. The van der Waals surface area contributed by atoms with Crippen LogP contribution in [0.4, 0.5) is 0 Å². The van der Waals surface area contributed by atoms with E-state index in [1.807, 2.05) is 32.0 Å². The van der Waals surface area contributed by atoms with E-state index in [-0.39, 0.29) is 28.5 Å². The molecule has 1 amide bonds. The van der Waals surface area contributed by atoms with Gasteiger partial charge in [-0.2, -0.15) is 5.10 Å². The molecule has 0 unspecified atom stereocenters. The van der Waals surface area contributed by atoms with Crippen molar-refractivity contribution in [1.29, 1.82) is 0 Å². The van der Waals surface area contributed by atoms with Gasteiger partial charge in [-0.25, -0.2) is 9.48 Å². The van der Waals surface area contributed by atoms with E-state index in [1.54, 1.807) is 24.3 Å². The zero-order chi connectivity index (χ0) is 23.4. The maximum absolute atomic E-state index is 12.8. The standard InChI is InChI=1S/C26H29N3O4/c1-18(2)15-29-24(31)21-12-7-6-11-20(21)23(28-29)25(32)33-16-22(30)27-17-26(13-8-14-26)19-9-4-3-5-10-19/h3-7,9-12,18H,8,13-17H2,1-2H3,(H,27,30). The lowest BCUT2D eigenvalue weighted by molar-refractivity contribution is -0.124. The Balaban J connectivity index is 1.44. The molecule has 2 aromatic carbocycles. The van der Waals surface area contributed by atoms with E-state index in [4.69, 9.17) is 4.74 Å². The summed E-state index contributed by atoms with van der Waals surface area (Å²) in [5, 5.41) is 8.01. The number of hydrogen-bond acceptors (Lipinski definition) is 5. The molecule has 1 aliphatic rings. The number of hydrogen-bond donors (Lipinski definition) is 1.